The molecule has 0 N–H and O–H groups in total. The molecule has 0 rings (SSSR count). The monoisotopic (exact) mass is 338 g/mol. The molecule has 0 heterocycles. The Labute approximate surface area is 71.5 Å². The van der Waals surface area contributed by atoms with Gasteiger partial charge in [-0.25, -0.2) is 0 Å². The van der Waals surface area contributed by atoms with Gasteiger partial charge in [0.05, 0.1) is 0 Å². The normalized spacial score (nSPS) is 0. The molecule has 30 valence electrons. The smallest absolute Gasteiger partial charge is 0 e. The summed E-state index contributed by atoms with van der Waals surface area (Å²) >= 11 is 0. The predicted molar refractivity (Wildman–Crippen MR) is 17.3 cm³/mol. The van der Waals surface area contributed by atoms with Crippen LogP contribution in [0.5, 0.6) is 0 Å². The van der Waals surface area contributed by atoms with E-state index in [2.05, 4.69) is 0 Å². The van der Waals surface area contributed by atoms with Crippen LogP contribution >= 0.6 is 0 Å². The molecule has 0 fully saturated rings. The molecule has 0 saturated heterocycles. The second-order valence-electron chi connectivity index (χ2n) is 0. The van der Waals surface area contributed by atoms with Gasteiger partial charge in [-0.1, -0.05) is 0 Å². The standard InChI is InChI=1S/Mo.3Se/q;3*-2. The average molecular weight is 333 g/mol. The quantitative estimate of drug-likeness (QED) is 0.492. The maximum absolute atomic E-state index is 0. The predicted octanol–water partition coefficient (Wildman–Crippen LogP) is -1.14. The van der Waals surface area contributed by atoms with E-state index in [1.807, 2.05) is 0 Å². The Morgan fingerprint density at radius 2 is 0.500 bits per heavy atom. The molecule has 0 aromatic rings. The van der Waals surface area contributed by atoms with Crippen LogP contribution in [0, 0.1) is 0 Å². The van der Waals surface area contributed by atoms with Crippen molar-refractivity contribution in [2.24, 2.45) is 0 Å². The molecule has 0 nitrogen and oxygen atoms in total. The van der Waals surface area contributed by atoms with Gasteiger partial charge in [0.2, 0.25) is 0 Å². The zero-order valence-electron chi connectivity index (χ0n) is 1.63. The second-order valence-corrected chi connectivity index (χ2v) is 0. The minimum Gasteiger partial charge on any atom is -2.00 e. The van der Waals surface area contributed by atoms with Crippen LogP contribution in [0.25, 0.3) is 0 Å². The van der Waals surface area contributed by atoms with Gasteiger partial charge in [0.15, 0.2) is 0 Å². The topological polar surface area (TPSA) is 0 Å². The Bertz CT molecular complexity index is 3.25. The van der Waals surface area contributed by atoms with Crippen molar-refractivity contribution in [1.29, 1.82) is 0 Å². The van der Waals surface area contributed by atoms with Crippen molar-refractivity contribution in [1.82, 2.24) is 0 Å². The largest absolute Gasteiger partial charge is 2.00 e. The number of hydrogen-bond acceptors (Lipinski definition) is 0. The van der Waals surface area contributed by atoms with Crippen LogP contribution in [-0.2, 0) is 21.1 Å². The maximum Gasteiger partial charge on any atom is 0 e. The van der Waals surface area contributed by atoms with Crippen molar-refractivity contribution < 1.29 is 21.1 Å². The molecule has 0 aliphatic heterocycles. The van der Waals surface area contributed by atoms with Crippen LogP contribution in [0.1, 0.15) is 0 Å². The number of hydrogen-bond donors (Lipinski definition) is 0. The molecule has 4 heavy (non-hydrogen) atoms. The Kier molecular flexibility index (Phi) is 160. The third kappa shape index (κ3) is 8.87. The van der Waals surface area contributed by atoms with Gasteiger partial charge in [-0.2, -0.15) is 0 Å². The summed E-state index contributed by atoms with van der Waals surface area (Å²) in [5.41, 5.74) is 0. The van der Waals surface area contributed by atoms with E-state index in [0.717, 1.165) is 0 Å². The molecule has 0 radical (unpaired) electrons. The molecule has 0 bridgehead atoms. The van der Waals surface area contributed by atoms with E-state index in [9.17, 15) is 0 Å². The van der Waals surface area contributed by atoms with Crippen molar-refractivity contribution >= 4 is 51.2 Å². The first kappa shape index (κ1) is 34.1. The van der Waals surface area contributed by atoms with Crippen LogP contribution < -0.4 is 0 Å². The molecule has 0 spiro atoms. The molecule has 0 aliphatic rings. The summed E-state index contributed by atoms with van der Waals surface area (Å²) < 4.78 is 0. The molecule has 0 unspecified atom stereocenters. The molecule has 0 atom stereocenters. The van der Waals surface area contributed by atoms with E-state index in [4.69, 9.17) is 0 Å². The third-order valence-corrected chi connectivity index (χ3v) is 0. The minimum atomic E-state index is 0. The Morgan fingerprint density at radius 1 is 0.500 bits per heavy atom. The molecule has 0 amide bonds. The fourth-order valence-electron chi connectivity index (χ4n) is 0. The zero-order valence-corrected chi connectivity index (χ0v) is 8.78. The van der Waals surface area contributed by atoms with Gasteiger partial charge in [0, 0.05) is 21.1 Å². The van der Waals surface area contributed by atoms with Gasteiger partial charge in [0.1, 0.15) is 0 Å². The van der Waals surface area contributed by atoms with E-state index in [1.165, 1.54) is 0 Å². The summed E-state index contributed by atoms with van der Waals surface area (Å²) in [6.07, 6.45) is 0. The van der Waals surface area contributed by atoms with Crippen molar-refractivity contribution in [3.05, 3.63) is 0 Å². The van der Waals surface area contributed by atoms with Crippen molar-refractivity contribution in [3.63, 3.8) is 0 Å². The number of rotatable bonds is 0. The zero-order chi connectivity index (χ0) is 0. The van der Waals surface area contributed by atoms with Crippen molar-refractivity contribution in [3.8, 4) is 0 Å². The van der Waals surface area contributed by atoms with E-state index < -0.39 is 0 Å². The van der Waals surface area contributed by atoms with Crippen LogP contribution in [-0.4, -0.2) is 51.2 Å². The van der Waals surface area contributed by atoms with Crippen LogP contribution in [0.15, 0.2) is 0 Å². The SMILES string of the molecule is [Mo].[Se-2].[Se-2].[Se-2]. The van der Waals surface area contributed by atoms with Gasteiger partial charge in [-0.15, -0.1) is 0 Å². The Hall–Kier alpha value is 2.25. The van der Waals surface area contributed by atoms with Gasteiger partial charge in [-0.3, -0.25) is 0 Å². The van der Waals surface area contributed by atoms with Gasteiger partial charge < -0.3 is 51.2 Å². The van der Waals surface area contributed by atoms with Crippen LogP contribution in [0.3, 0.4) is 0 Å². The molecule has 4 heteroatoms. The molecular weight excluding hydrogens is 333 g/mol. The van der Waals surface area contributed by atoms with E-state index in [0.29, 0.717) is 0 Å². The summed E-state index contributed by atoms with van der Waals surface area (Å²) in [5, 5.41) is 0. The summed E-state index contributed by atoms with van der Waals surface area (Å²) in [5.74, 6) is 0. The molecular formula is MoSe3-6. The summed E-state index contributed by atoms with van der Waals surface area (Å²) in [4.78, 5) is 0. The summed E-state index contributed by atoms with van der Waals surface area (Å²) in [6.45, 7) is 0. The fourth-order valence-corrected chi connectivity index (χ4v) is 0. The third-order valence-electron chi connectivity index (χ3n) is 0. The summed E-state index contributed by atoms with van der Waals surface area (Å²) in [7, 11) is 0. The van der Waals surface area contributed by atoms with E-state index in [-0.39, 0.29) is 72.3 Å². The van der Waals surface area contributed by atoms with Crippen LogP contribution in [0.2, 0.25) is 0 Å². The molecule has 0 aromatic heterocycles. The first-order valence-electron chi connectivity index (χ1n) is 0. The average Bonchev–Trinajstić information content (AvgIpc) is 0. The second kappa shape index (κ2) is 18.7. The Balaban J connectivity index is 0. The van der Waals surface area contributed by atoms with Crippen molar-refractivity contribution in [2.45, 2.75) is 0 Å². The van der Waals surface area contributed by atoms with Gasteiger partial charge in [-0.05, 0) is 0 Å². The van der Waals surface area contributed by atoms with E-state index in [1.54, 1.807) is 0 Å². The molecule has 0 aliphatic carbocycles. The van der Waals surface area contributed by atoms with Gasteiger partial charge >= 0.3 is 0 Å². The maximum atomic E-state index is 0. The first-order valence-corrected chi connectivity index (χ1v) is 0. The first-order chi connectivity index (χ1) is 0. The van der Waals surface area contributed by atoms with Crippen molar-refractivity contribution in [2.75, 3.05) is 0 Å². The minimum absolute atomic E-state index is 0. The summed E-state index contributed by atoms with van der Waals surface area (Å²) in [6, 6.07) is 0. The molecule has 0 aromatic carbocycles. The van der Waals surface area contributed by atoms with Crippen LogP contribution in [0.4, 0.5) is 0 Å². The van der Waals surface area contributed by atoms with E-state index >= 15 is 0 Å². The Morgan fingerprint density at radius 3 is 0.500 bits per heavy atom. The van der Waals surface area contributed by atoms with Gasteiger partial charge in [0.25, 0.3) is 0 Å². The fraction of sp³-hybridized carbons (Fsp3) is 0. The molecule has 0 saturated carbocycles.